The number of alkyl carbamates (subject to hydrolysis) is 1. The van der Waals surface area contributed by atoms with Gasteiger partial charge in [-0.25, -0.2) is 9.59 Å². The molecule has 4 rings (SSSR count). The molecule has 1 aliphatic heterocycles. The second-order valence-electron chi connectivity index (χ2n) is 7.58. The van der Waals surface area contributed by atoms with E-state index >= 15 is 0 Å². The zero-order chi connectivity index (χ0) is 20.9. The monoisotopic (exact) mass is 429 g/mol. The number of rotatable bonds is 8. The van der Waals surface area contributed by atoms with Crippen molar-refractivity contribution in [3.8, 4) is 11.5 Å². The molecular weight excluding hydrogens is 406 g/mol. The van der Waals surface area contributed by atoms with Crippen molar-refractivity contribution in [3.63, 3.8) is 0 Å². The first-order chi connectivity index (χ1) is 14.6. The third-order valence-electron chi connectivity index (χ3n) is 5.48. The van der Waals surface area contributed by atoms with E-state index in [1.54, 1.807) is 24.3 Å². The number of benzene rings is 2. The minimum absolute atomic E-state index is 0.447. The molecule has 7 heteroatoms. The second-order valence-corrected chi connectivity index (χ2v) is 7.99. The van der Waals surface area contributed by atoms with Crippen LogP contribution in [0.5, 0.6) is 11.5 Å². The van der Waals surface area contributed by atoms with Gasteiger partial charge < -0.3 is 19.5 Å². The van der Waals surface area contributed by atoms with Crippen LogP contribution in [0.4, 0.5) is 4.79 Å². The molecule has 1 heterocycles. The van der Waals surface area contributed by atoms with E-state index in [9.17, 15) is 9.59 Å². The molecule has 0 bridgehead atoms. The molecule has 1 amide bonds. The van der Waals surface area contributed by atoms with E-state index < -0.39 is 18.1 Å². The van der Waals surface area contributed by atoms with Gasteiger partial charge in [0.1, 0.15) is 11.5 Å². The summed E-state index contributed by atoms with van der Waals surface area (Å²) in [5, 5.41) is 3.12. The van der Waals surface area contributed by atoms with Gasteiger partial charge >= 0.3 is 12.1 Å². The first-order valence-electron chi connectivity index (χ1n) is 10.3. The maximum Gasteiger partial charge on any atom is 0.415 e. The molecule has 30 heavy (non-hydrogen) atoms. The predicted molar refractivity (Wildman–Crippen MR) is 112 cm³/mol. The fourth-order valence-corrected chi connectivity index (χ4v) is 4.18. The summed E-state index contributed by atoms with van der Waals surface area (Å²) in [4.78, 5) is 22.9. The van der Waals surface area contributed by atoms with Crippen LogP contribution in [0.15, 0.2) is 42.5 Å². The van der Waals surface area contributed by atoms with Crippen LogP contribution in [0.25, 0.3) is 0 Å². The van der Waals surface area contributed by atoms with Crippen molar-refractivity contribution < 1.29 is 23.8 Å². The first-order valence-corrected chi connectivity index (χ1v) is 10.6. The Hall–Kier alpha value is -2.73. The minimum atomic E-state index is -0.793. The SMILES string of the molecule is O=C1NC(c2cccc(OCCCOc3ccc(C4CCCC4)cc3Cl)c2)C(=O)O1. The van der Waals surface area contributed by atoms with Gasteiger partial charge in [0.2, 0.25) is 0 Å². The first kappa shape index (κ1) is 20.5. The average Bonchev–Trinajstić information content (AvgIpc) is 3.38. The summed E-state index contributed by atoms with van der Waals surface area (Å²) < 4.78 is 16.1. The number of ether oxygens (including phenoxy) is 3. The lowest BCUT2D eigenvalue weighted by molar-refractivity contribution is -0.135. The Bertz CT molecular complexity index is 926. The zero-order valence-electron chi connectivity index (χ0n) is 16.6. The van der Waals surface area contributed by atoms with E-state index in [2.05, 4.69) is 16.1 Å². The van der Waals surface area contributed by atoms with E-state index in [0.29, 0.717) is 47.6 Å². The fourth-order valence-electron chi connectivity index (χ4n) is 3.94. The minimum Gasteiger partial charge on any atom is -0.493 e. The molecule has 2 aromatic rings. The average molecular weight is 430 g/mol. The van der Waals surface area contributed by atoms with Crippen molar-refractivity contribution in [3.05, 3.63) is 58.6 Å². The molecular formula is C23H24ClNO5. The van der Waals surface area contributed by atoms with Crippen LogP contribution >= 0.6 is 11.6 Å². The molecule has 1 N–H and O–H groups in total. The maximum absolute atomic E-state index is 11.7. The molecule has 158 valence electrons. The van der Waals surface area contributed by atoms with Crippen LogP contribution < -0.4 is 14.8 Å². The third kappa shape index (κ3) is 4.87. The number of esters is 1. The molecule has 6 nitrogen and oxygen atoms in total. The highest BCUT2D eigenvalue weighted by atomic mass is 35.5. The molecule has 1 unspecified atom stereocenters. The van der Waals surface area contributed by atoms with Gasteiger partial charge in [-0.1, -0.05) is 42.6 Å². The van der Waals surface area contributed by atoms with E-state index in [1.165, 1.54) is 31.2 Å². The topological polar surface area (TPSA) is 73.9 Å². The van der Waals surface area contributed by atoms with Crippen LogP contribution in [0, 0.1) is 0 Å². The quantitative estimate of drug-likeness (QED) is 0.356. The lowest BCUT2D eigenvalue weighted by Crippen LogP contribution is -2.19. The summed E-state index contributed by atoms with van der Waals surface area (Å²) >= 11 is 6.39. The zero-order valence-corrected chi connectivity index (χ0v) is 17.3. The Morgan fingerprint density at radius 1 is 1.00 bits per heavy atom. The summed E-state index contributed by atoms with van der Waals surface area (Å²) in [6.07, 6.45) is 5.01. The molecule has 1 atom stereocenters. The van der Waals surface area contributed by atoms with Crippen molar-refractivity contribution >= 4 is 23.7 Å². The van der Waals surface area contributed by atoms with Gasteiger partial charge in [0, 0.05) is 6.42 Å². The highest BCUT2D eigenvalue weighted by Crippen LogP contribution is 2.37. The van der Waals surface area contributed by atoms with Gasteiger partial charge in [-0.15, -0.1) is 0 Å². The van der Waals surface area contributed by atoms with Crippen molar-refractivity contribution in [2.75, 3.05) is 13.2 Å². The number of nitrogens with one attached hydrogen (secondary N) is 1. The van der Waals surface area contributed by atoms with Crippen LogP contribution in [-0.2, 0) is 9.53 Å². The molecule has 1 saturated carbocycles. The number of carbonyl (C=O) groups excluding carboxylic acids is 2. The standard InChI is InChI=1S/C23H24ClNO5/c24-19-14-16(15-5-1-2-6-15)9-10-20(19)29-12-4-11-28-18-8-3-7-17(13-18)21-22(26)30-23(27)25-21/h3,7-10,13-15,21H,1-2,4-6,11-12H2,(H,25,27). The Labute approximate surface area is 180 Å². The molecule has 0 spiro atoms. The van der Waals surface area contributed by atoms with Gasteiger partial charge in [-0.3, -0.25) is 0 Å². The van der Waals surface area contributed by atoms with Crippen molar-refractivity contribution in [2.24, 2.45) is 0 Å². The number of carbonyl (C=O) groups is 2. The maximum atomic E-state index is 11.7. The van der Waals surface area contributed by atoms with Crippen LogP contribution in [0.1, 0.15) is 55.2 Å². The summed E-state index contributed by atoms with van der Waals surface area (Å²) in [6.45, 7) is 0.926. The fraction of sp³-hybridized carbons (Fsp3) is 0.391. The summed E-state index contributed by atoms with van der Waals surface area (Å²) in [5.74, 6) is 1.32. The van der Waals surface area contributed by atoms with Crippen LogP contribution in [0.3, 0.4) is 0 Å². The van der Waals surface area contributed by atoms with Crippen molar-refractivity contribution in [1.29, 1.82) is 0 Å². The normalized spacial score (nSPS) is 18.9. The Morgan fingerprint density at radius 2 is 1.80 bits per heavy atom. The van der Waals surface area contributed by atoms with Crippen LogP contribution in [-0.4, -0.2) is 25.3 Å². The number of amides is 1. The van der Waals surface area contributed by atoms with Gasteiger partial charge in [0.15, 0.2) is 6.04 Å². The molecule has 2 fully saturated rings. The summed E-state index contributed by atoms with van der Waals surface area (Å²) in [6, 6.07) is 12.3. The van der Waals surface area contributed by atoms with Gasteiger partial charge in [-0.2, -0.15) is 0 Å². The predicted octanol–water partition coefficient (Wildman–Crippen LogP) is 5.15. The molecule has 2 aromatic carbocycles. The number of halogens is 1. The lowest BCUT2D eigenvalue weighted by Gasteiger charge is -2.13. The van der Waals surface area contributed by atoms with E-state index in [0.717, 1.165) is 0 Å². The van der Waals surface area contributed by atoms with Gasteiger partial charge in [0.25, 0.3) is 0 Å². The van der Waals surface area contributed by atoms with Gasteiger partial charge in [-0.05, 0) is 54.2 Å². The highest BCUT2D eigenvalue weighted by molar-refractivity contribution is 6.32. The van der Waals surface area contributed by atoms with Crippen molar-refractivity contribution in [1.82, 2.24) is 5.32 Å². The molecule has 0 aromatic heterocycles. The smallest absolute Gasteiger partial charge is 0.415 e. The number of hydrogen-bond donors (Lipinski definition) is 1. The molecule has 2 aliphatic rings. The number of cyclic esters (lactones) is 2. The molecule has 1 saturated heterocycles. The molecule has 1 aliphatic carbocycles. The Morgan fingerprint density at radius 3 is 2.53 bits per heavy atom. The van der Waals surface area contributed by atoms with E-state index in [-0.39, 0.29) is 0 Å². The lowest BCUT2D eigenvalue weighted by atomic mass is 9.98. The second kappa shape index (κ2) is 9.39. The van der Waals surface area contributed by atoms with Gasteiger partial charge in [0.05, 0.1) is 18.2 Å². The highest BCUT2D eigenvalue weighted by Gasteiger charge is 2.33. The van der Waals surface area contributed by atoms with Crippen LogP contribution in [0.2, 0.25) is 5.02 Å². The summed E-state index contributed by atoms with van der Waals surface area (Å²) in [5.41, 5.74) is 1.92. The Balaban J connectivity index is 1.23. The number of hydrogen-bond acceptors (Lipinski definition) is 5. The third-order valence-corrected chi connectivity index (χ3v) is 5.78. The largest absolute Gasteiger partial charge is 0.493 e. The van der Waals surface area contributed by atoms with E-state index in [4.69, 9.17) is 21.1 Å². The molecule has 0 radical (unpaired) electrons. The summed E-state index contributed by atoms with van der Waals surface area (Å²) in [7, 11) is 0. The van der Waals surface area contributed by atoms with Crippen molar-refractivity contribution in [2.45, 2.75) is 44.1 Å². The van der Waals surface area contributed by atoms with E-state index in [1.807, 2.05) is 12.1 Å². The Kier molecular flexibility index (Phi) is 6.43.